The maximum absolute atomic E-state index is 13.2. The van der Waals surface area contributed by atoms with Gasteiger partial charge in [-0.15, -0.1) is 0 Å². The number of benzene rings is 2. The van der Waals surface area contributed by atoms with Crippen molar-refractivity contribution in [1.82, 2.24) is 4.90 Å². The first-order valence-corrected chi connectivity index (χ1v) is 12.5. The van der Waals surface area contributed by atoms with Crippen LogP contribution in [0.5, 0.6) is 0 Å². The summed E-state index contributed by atoms with van der Waals surface area (Å²) in [6.07, 6.45) is 4.72. The Bertz CT molecular complexity index is 1080. The van der Waals surface area contributed by atoms with Crippen LogP contribution in [0.3, 0.4) is 0 Å². The molecular formula is C23H30N4O4S. The molecule has 0 radical (unpaired) electrons. The Hall–Kier alpha value is -3.07. The molecular weight excluding hydrogens is 428 g/mol. The van der Waals surface area contributed by atoms with Crippen molar-refractivity contribution in [3.8, 4) is 0 Å². The van der Waals surface area contributed by atoms with E-state index in [0.717, 1.165) is 24.9 Å². The Morgan fingerprint density at radius 2 is 1.69 bits per heavy atom. The number of hydrogen-bond acceptors (Lipinski definition) is 5. The normalized spacial score (nSPS) is 14.0. The highest BCUT2D eigenvalue weighted by molar-refractivity contribution is 7.92. The lowest BCUT2D eigenvalue weighted by atomic mass is 10.1. The third kappa shape index (κ3) is 6.46. The molecule has 0 aromatic heterocycles. The fourth-order valence-corrected chi connectivity index (χ4v) is 4.38. The largest absolute Gasteiger partial charge is 0.372 e. The summed E-state index contributed by atoms with van der Waals surface area (Å²) in [5, 5.41) is 2.62. The van der Waals surface area contributed by atoms with Crippen LogP contribution in [0.25, 0.3) is 0 Å². The molecule has 1 heterocycles. The highest BCUT2D eigenvalue weighted by Crippen LogP contribution is 2.25. The Balaban J connectivity index is 1.78. The smallest absolute Gasteiger partial charge is 0.256 e. The van der Waals surface area contributed by atoms with Crippen LogP contribution in [-0.4, -0.2) is 51.5 Å². The topological polar surface area (TPSA) is 98.8 Å². The van der Waals surface area contributed by atoms with Crippen LogP contribution in [-0.2, 0) is 21.4 Å². The molecule has 0 aliphatic carbocycles. The number of nitrogens with zero attached hydrogens (tertiary/aromatic N) is 2. The highest BCUT2D eigenvalue weighted by atomic mass is 32.2. The number of rotatable bonds is 7. The second-order valence-corrected chi connectivity index (χ2v) is 9.94. The van der Waals surface area contributed by atoms with Gasteiger partial charge in [0.25, 0.3) is 5.91 Å². The summed E-state index contributed by atoms with van der Waals surface area (Å²) < 4.78 is 25.9. The zero-order valence-electron chi connectivity index (χ0n) is 18.7. The third-order valence-electron chi connectivity index (χ3n) is 5.29. The van der Waals surface area contributed by atoms with Gasteiger partial charge in [-0.25, -0.2) is 8.42 Å². The zero-order valence-corrected chi connectivity index (χ0v) is 19.5. The summed E-state index contributed by atoms with van der Waals surface area (Å²) in [7, 11) is -1.92. The van der Waals surface area contributed by atoms with Gasteiger partial charge in [0.1, 0.15) is 0 Å². The number of nitrogens with one attached hydrogen (secondary N) is 2. The molecule has 172 valence electrons. The highest BCUT2D eigenvalue weighted by Gasteiger charge is 2.19. The molecule has 8 nitrogen and oxygen atoms in total. The van der Waals surface area contributed by atoms with Crippen LogP contribution in [0.2, 0.25) is 0 Å². The minimum absolute atomic E-state index is 0.161. The van der Waals surface area contributed by atoms with Crippen molar-refractivity contribution >= 4 is 38.9 Å². The van der Waals surface area contributed by atoms with Crippen LogP contribution >= 0.6 is 0 Å². The van der Waals surface area contributed by atoms with Crippen LogP contribution < -0.4 is 14.9 Å². The van der Waals surface area contributed by atoms with Gasteiger partial charge >= 0.3 is 0 Å². The first-order valence-electron chi connectivity index (χ1n) is 10.6. The van der Waals surface area contributed by atoms with Gasteiger partial charge in [-0.3, -0.25) is 14.3 Å². The molecule has 0 bridgehead atoms. The van der Waals surface area contributed by atoms with Gasteiger partial charge in [0, 0.05) is 45.0 Å². The van der Waals surface area contributed by atoms with Gasteiger partial charge in [0.2, 0.25) is 15.9 Å². The fraction of sp³-hybridized carbons (Fsp3) is 0.391. The first kappa shape index (κ1) is 23.6. The quantitative estimate of drug-likeness (QED) is 0.663. The molecule has 0 unspecified atom stereocenters. The fourth-order valence-electron chi connectivity index (χ4n) is 3.81. The van der Waals surface area contributed by atoms with E-state index in [4.69, 9.17) is 0 Å². The number of sulfonamides is 1. The molecule has 32 heavy (non-hydrogen) atoms. The lowest BCUT2D eigenvalue weighted by molar-refractivity contribution is -0.114. The van der Waals surface area contributed by atoms with E-state index in [1.807, 2.05) is 12.1 Å². The summed E-state index contributed by atoms with van der Waals surface area (Å²) in [4.78, 5) is 28.5. The van der Waals surface area contributed by atoms with Gasteiger partial charge in [-0.2, -0.15) is 0 Å². The van der Waals surface area contributed by atoms with E-state index in [9.17, 15) is 18.0 Å². The van der Waals surface area contributed by atoms with E-state index in [0.29, 0.717) is 12.2 Å². The lowest BCUT2D eigenvalue weighted by Gasteiger charge is -2.29. The van der Waals surface area contributed by atoms with Gasteiger partial charge in [-0.1, -0.05) is 12.1 Å². The number of carbonyl (C=O) groups excluding carboxylic acids is 2. The maximum Gasteiger partial charge on any atom is 0.256 e. The summed E-state index contributed by atoms with van der Waals surface area (Å²) in [5.74, 6) is -0.641. The SMILES string of the molecule is CC(=O)Nc1ccc(NS(C)(=O)=O)c(C(=O)N(C)Cc2ccc(N3CCCCC3)cc2)c1. The third-order valence-corrected chi connectivity index (χ3v) is 5.88. The molecule has 2 amide bonds. The molecule has 3 rings (SSSR count). The maximum atomic E-state index is 13.2. The Labute approximate surface area is 189 Å². The molecule has 9 heteroatoms. The molecule has 1 aliphatic heterocycles. The van der Waals surface area contributed by atoms with Crippen molar-refractivity contribution in [3.05, 3.63) is 53.6 Å². The number of amides is 2. The molecule has 1 fully saturated rings. The minimum atomic E-state index is -3.58. The Kier molecular flexibility index (Phi) is 7.40. The summed E-state index contributed by atoms with van der Waals surface area (Å²) in [5.41, 5.74) is 2.90. The van der Waals surface area contributed by atoms with E-state index < -0.39 is 10.0 Å². The van der Waals surface area contributed by atoms with Crippen LogP contribution in [0, 0.1) is 0 Å². The first-order chi connectivity index (χ1) is 15.1. The van der Waals surface area contributed by atoms with Gasteiger partial charge in [-0.05, 0) is 55.2 Å². The van der Waals surface area contributed by atoms with Crippen molar-refractivity contribution in [2.45, 2.75) is 32.7 Å². The summed E-state index contributed by atoms with van der Waals surface area (Å²) in [6.45, 7) is 3.86. The van der Waals surface area contributed by atoms with Crippen molar-refractivity contribution in [1.29, 1.82) is 0 Å². The second-order valence-electron chi connectivity index (χ2n) is 8.19. The Morgan fingerprint density at radius 1 is 1.03 bits per heavy atom. The lowest BCUT2D eigenvalue weighted by Crippen LogP contribution is -2.29. The van der Waals surface area contributed by atoms with Crippen LogP contribution in [0.15, 0.2) is 42.5 Å². The number of hydrogen-bond donors (Lipinski definition) is 2. The van der Waals surface area contributed by atoms with Gasteiger partial charge in [0.15, 0.2) is 0 Å². The average molecular weight is 459 g/mol. The number of piperidine rings is 1. The Morgan fingerprint density at radius 3 is 2.28 bits per heavy atom. The molecule has 0 spiro atoms. The second kappa shape index (κ2) is 10.0. The van der Waals surface area contributed by atoms with E-state index in [1.54, 1.807) is 13.1 Å². The van der Waals surface area contributed by atoms with Crippen LogP contribution in [0.1, 0.15) is 42.1 Å². The molecule has 1 aliphatic rings. The number of anilines is 3. The molecule has 0 atom stereocenters. The van der Waals surface area contributed by atoms with Crippen molar-refractivity contribution in [2.24, 2.45) is 0 Å². The summed E-state index contributed by atoms with van der Waals surface area (Å²) >= 11 is 0. The standard InChI is InChI=1S/C23H30N4O4S/c1-17(28)24-19-9-12-22(25-32(3,30)31)21(15-19)23(29)26(2)16-18-7-10-20(11-8-18)27-13-5-4-6-14-27/h7-12,15,25H,4-6,13-14,16H2,1-3H3,(H,24,28). The molecule has 2 N–H and O–H groups in total. The average Bonchev–Trinajstić information content (AvgIpc) is 2.74. The molecule has 2 aromatic carbocycles. The molecule has 0 saturated carbocycles. The summed E-state index contributed by atoms with van der Waals surface area (Å²) in [6, 6.07) is 12.7. The molecule has 1 saturated heterocycles. The zero-order chi connectivity index (χ0) is 23.3. The monoisotopic (exact) mass is 458 g/mol. The predicted molar refractivity (Wildman–Crippen MR) is 128 cm³/mol. The van der Waals surface area contributed by atoms with E-state index in [-0.39, 0.29) is 23.1 Å². The van der Waals surface area contributed by atoms with Crippen molar-refractivity contribution in [2.75, 3.05) is 41.3 Å². The van der Waals surface area contributed by atoms with Crippen molar-refractivity contribution < 1.29 is 18.0 Å². The number of carbonyl (C=O) groups is 2. The van der Waals surface area contributed by atoms with E-state index >= 15 is 0 Å². The van der Waals surface area contributed by atoms with Gasteiger partial charge < -0.3 is 15.1 Å². The van der Waals surface area contributed by atoms with E-state index in [1.165, 1.54) is 48.9 Å². The van der Waals surface area contributed by atoms with Gasteiger partial charge in [0.05, 0.1) is 17.5 Å². The predicted octanol–water partition coefficient (Wildman–Crippen LogP) is 3.28. The molecule has 2 aromatic rings. The van der Waals surface area contributed by atoms with E-state index in [2.05, 4.69) is 27.1 Å². The van der Waals surface area contributed by atoms with Crippen molar-refractivity contribution in [3.63, 3.8) is 0 Å². The minimum Gasteiger partial charge on any atom is -0.372 e. The van der Waals surface area contributed by atoms with Crippen LogP contribution in [0.4, 0.5) is 17.1 Å².